The van der Waals surface area contributed by atoms with Gasteiger partial charge in [-0.05, 0) is 41.3 Å². The second kappa shape index (κ2) is 3.59. The zero-order valence-electron chi connectivity index (χ0n) is 8.86. The van der Waals surface area contributed by atoms with E-state index in [1.807, 2.05) is 12.3 Å². The second-order valence-corrected chi connectivity index (χ2v) is 4.09. The van der Waals surface area contributed by atoms with Crippen LogP contribution >= 0.6 is 0 Å². The summed E-state index contributed by atoms with van der Waals surface area (Å²) < 4.78 is 0. The summed E-state index contributed by atoms with van der Waals surface area (Å²) in [7, 11) is 0. The largest absolute Gasteiger partial charge is 0.326 e. The number of carbonyl (C=O) groups is 1. The minimum absolute atomic E-state index is 0.0892. The summed E-state index contributed by atoms with van der Waals surface area (Å²) in [4.78, 5) is 15.4. The third-order valence-corrected chi connectivity index (χ3v) is 2.99. The fraction of sp³-hybridized carbons (Fsp3) is 0.231. The van der Waals surface area contributed by atoms with E-state index in [1.165, 1.54) is 11.1 Å². The number of anilines is 1. The Hall–Kier alpha value is -1.90. The van der Waals surface area contributed by atoms with Crippen LogP contribution in [0.4, 0.5) is 5.69 Å². The lowest BCUT2D eigenvalue weighted by Crippen LogP contribution is -2.03. The number of dihydropyridines is 1. The minimum Gasteiger partial charge on any atom is -0.326 e. The first-order valence-corrected chi connectivity index (χ1v) is 5.45. The maximum absolute atomic E-state index is 11.2. The van der Waals surface area contributed by atoms with Gasteiger partial charge in [0.1, 0.15) is 0 Å². The summed E-state index contributed by atoms with van der Waals surface area (Å²) in [6, 6.07) is 6.16. The van der Waals surface area contributed by atoms with Crippen molar-refractivity contribution >= 4 is 23.4 Å². The molecule has 0 saturated heterocycles. The maximum Gasteiger partial charge on any atom is 0.228 e. The molecule has 0 fully saturated rings. The van der Waals surface area contributed by atoms with Crippen LogP contribution < -0.4 is 5.32 Å². The normalized spacial score (nSPS) is 18.0. The molecule has 3 rings (SSSR count). The monoisotopic (exact) mass is 212 g/mol. The van der Waals surface area contributed by atoms with Crippen LogP contribution in [0.25, 0.3) is 5.57 Å². The number of nitrogens with one attached hydrogen (secondary N) is 1. The second-order valence-electron chi connectivity index (χ2n) is 4.09. The molecule has 0 spiro atoms. The van der Waals surface area contributed by atoms with Crippen molar-refractivity contribution < 1.29 is 4.79 Å². The summed E-state index contributed by atoms with van der Waals surface area (Å²) in [5.41, 5.74) is 4.57. The summed E-state index contributed by atoms with van der Waals surface area (Å²) in [6.45, 7) is 0.861. The zero-order chi connectivity index (χ0) is 11.0. The van der Waals surface area contributed by atoms with Gasteiger partial charge < -0.3 is 5.32 Å². The summed E-state index contributed by atoms with van der Waals surface area (Å²) in [5.74, 6) is 0.0892. The molecule has 0 radical (unpaired) electrons. The standard InChI is InChI=1S/C13H12N2O/c16-13-8-11-7-10(1-2-12(11)15-13)9-3-5-14-6-4-9/h1-3,5,7H,4,6,8H2,(H,15,16). The Labute approximate surface area is 93.9 Å². The predicted molar refractivity (Wildman–Crippen MR) is 64.7 cm³/mol. The van der Waals surface area contributed by atoms with Crippen molar-refractivity contribution in [3.8, 4) is 0 Å². The molecule has 2 heterocycles. The molecule has 16 heavy (non-hydrogen) atoms. The van der Waals surface area contributed by atoms with E-state index < -0.39 is 0 Å². The van der Waals surface area contributed by atoms with Crippen molar-refractivity contribution in [2.45, 2.75) is 12.8 Å². The van der Waals surface area contributed by atoms with Crippen molar-refractivity contribution in [2.24, 2.45) is 4.99 Å². The Balaban J connectivity index is 1.99. The molecule has 0 aromatic heterocycles. The molecule has 0 saturated carbocycles. The first kappa shape index (κ1) is 9.33. The van der Waals surface area contributed by atoms with Crippen molar-refractivity contribution in [1.29, 1.82) is 0 Å². The Morgan fingerprint density at radius 2 is 2.25 bits per heavy atom. The highest BCUT2D eigenvalue weighted by Crippen LogP contribution is 2.28. The molecule has 3 nitrogen and oxygen atoms in total. The summed E-state index contributed by atoms with van der Waals surface area (Å²) in [6.07, 6.45) is 5.39. The number of rotatable bonds is 1. The van der Waals surface area contributed by atoms with Gasteiger partial charge in [-0.3, -0.25) is 9.79 Å². The molecule has 2 aliphatic rings. The zero-order valence-corrected chi connectivity index (χ0v) is 8.86. The lowest BCUT2D eigenvalue weighted by Gasteiger charge is -2.10. The smallest absolute Gasteiger partial charge is 0.228 e. The average Bonchev–Trinajstić information content (AvgIpc) is 2.69. The molecule has 1 amide bonds. The van der Waals surface area contributed by atoms with Gasteiger partial charge in [0, 0.05) is 18.4 Å². The van der Waals surface area contributed by atoms with Gasteiger partial charge in [-0.1, -0.05) is 6.07 Å². The van der Waals surface area contributed by atoms with E-state index in [0.717, 1.165) is 24.2 Å². The Kier molecular flexibility index (Phi) is 2.10. The highest BCUT2D eigenvalue weighted by molar-refractivity contribution is 5.99. The Morgan fingerprint density at radius 3 is 3.06 bits per heavy atom. The fourth-order valence-electron chi connectivity index (χ4n) is 2.16. The molecule has 0 unspecified atom stereocenters. The van der Waals surface area contributed by atoms with E-state index in [-0.39, 0.29) is 5.91 Å². The van der Waals surface area contributed by atoms with Crippen LogP contribution in [-0.2, 0) is 11.2 Å². The average molecular weight is 212 g/mol. The van der Waals surface area contributed by atoms with Crippen molar-refractivity contribution in [3.63, 3.8) is 0 Å². The minimum atomic E-state index is 0.0892. The molecule has 3 heteroatoms. The van der Waals surface area contributed by atoms with Crippen LogP contribution in [-0.4, -0.2) is 18.7 Å². The van der Waals surface area contributed by atoms with Crippen molar-refractivity contribution in [2.75, 3.05) is 11.9 Å². The number of fused-ring (bicyclic) bond motifs is 1. The molecule has 1 aromatic rings. The molecular formula is C13H12N2O. The van der Waals surface area contributed by atoms with Crippen LogP contribution in [0, 0.1) is 0 Å². The van der Waals surface area contributed by atoms with Gasteiger partial charge in [-0.2, -0.15) is 0 Å². The van der Waals surface area contributed by atoms with E-state index in [2.05, 4.69) is 28.5 Å². The quantitative estimate of drug-likeness (QED) is 0.760. The summed E-state index contributed by atoms with van der Waals surface area (Å²) in [5, 5.41) is 2.84. The topological polar surface area (TPSA) is 41.5 Å². The van der Waals surface area contributed by atoms with E-state index >= 15 is 0 Å². The number of hydrogen-bond donors (Lipinski definition) is 1. The van der Waals surface area contributed by atoms with Gasteiger partial charge in [0.15, 0.2) is 0 Å². The van der Waals surface area contributed by atoms with Crippen LogP contribution in [0.2, 0.25) is 0 Å². The van der Waals surface area contributed by atoms with Gasteiger partial charge in [0.05, 0.1) is 6.42 Å². The third kappa shape index (κ3) is 1.54. The molecule has 1 N–H and O–H groups in total. The number of amides is 1. The van der Waals surface area contributed by atoms with E-state index in [4.69, 9.17) is 0 Å². The van der Waals surface area contributed by atoms with E-state index in [1.54, 1.807) is 0 Å². The lowest BCUT2D eigenvalue weighted by atomic mass is 9.98. The van der Waals surface area contributed by atoms with Crippen LogP contribution in [0.15, 0.2) is 29.3 Å². The molecule has 0 aliphatic carbocycles. The maximum atomic E-state index is 11.2. The number of aliphatic imine (C=N–C) groups is 1. The van der Waals surface area contributed by atoms with Gasteiger partial charge in [-0.25, -0.2) is 0 Å². The van der Waals surface area contributed by atoms with Crippen molar-refractivity contribution in [1.82, 2.24) is 0 Å². The van der Waals surface area contributed by atoms with Gasteiger partial charge in [-0.15, -0.1) is 0 Å². The molecule has 0 bridgehead atoms. The molecule has 0 atom stereocenters. The lowest BCUT2D eigenvalue weighted by molar-refractivity contribution is -0.115. The first-order chi connectivity index (χ1) is 7.83. The number of carbonyl (C=O) groups excluding carboxylic acids is 1. The number of benzene rings is 1. The number of nitrogens with zero attached hydrogens (tertiary/aromatic N) is 1. The van der Waals surface area contributed by atoms with Gasteiger partial charge in [0.2, 0.25) is 5.91 Å². The third-order valence-electron chi connectivity index (χ3n) is 2.99. The van der Waals surface area contributed by atoms with Crippen molar-refractivity contribution in [3.05, 3.63) is 35.4 Å². The molecule has 80 valence electrons. The first-order valence-electron chi connectivity index (χ1n) is 5.45. The molecule has 1 aromatic carbocycles. The van der Waals surface area contributed by atoms with Gasteiger partial charge >= 0.3 is 0 Å². The van der Waals surface area contributed by atoms with E-state index in [9.17, 15) is 4.79 Å². The van der Waals surface area contributed by atoms with Gasteiger partial charge in [0.25, 0.3) is 0 Å². The highest BCUT2D eigenvalue weighted by Gasteiger charge is 2.18. The Morgan fingerprint density at radius 1 is 1.31 bits per heavy atom. The molecule has 2 aliphatic heterocycles. The summed E-state index contributed by atoms with van der Waals surface area (Å²) >= 11 is 0. The van der Waals surface area contributed by atoms with Crippen LogP contribution in [0.3, 0.4) is 0 Å². The highest BCUT2D eigenvalue weighted by atomic mass is 16.1. The number of allylic oxidation sites excluding steroid dienone is 1. The SMILES string of the molecule is O=C1Cc2cc(C3=CC=NCC3)ccc2N1. The molecular weight excluding hydrogens is 200 g/mol. The van der Waals surface area contributed by atoms with Crippen LogP contribution in [0.5, 0.6) is 0 Å². The Bertz CT molecular complexity index is 515. The number of hydrogen-bond acceptors (Lipinski definition) is 2. The van der Waals surface area contributed by atoms with E-state index in [0.29, 0.717) is 6.42 Å². The van der Waals surface area contributed by atoms with Crippen LogP contribution in [0.1, 0.15) is 17.5 Å². The fourth-order valence-corrected chi connectivity index (χ4v) is 2.16. The predicted octanol–water partition coefficient (Wildman–Crippen LogP) is 2.04.